The van der Waals surface area contributed by atoms with Gasteiger partial charge in [0, 0.05) is 23.5 Å². The molecule has 0 saturated heterocycles. The molecule has 13 heteroatoms. The second kappa shape index (κ2) is 14.6. The van der Waals surface area contributed by atoms with Gasteiger partial charge in [0.25, 0.3) is 0 Å². The van der Waals surface area contributed by atoms with Gasteiger partial charge in [-0.3, -0.25) is 13.9 Å². The normalized spacial score (nSPS) is 13.2. The molecule has 0 radical (unpaired) electrons. The van der Waals surface area contributed by atoms with Crippen LogP contribution in [-0.2, 0) is 38.8 Å². The van der Waals surface area contributed by atoms with Crippen LogP contribution in [-0.4, -0.2) is 50.0 Å². The van der Waals surface area contributed by atoms with Crippen molar-refractivity contribution in [2.75, 3.05) is 17.1 Å². The van der Waals surface area contributed by atoms with Crippen molar-refractivity contribution in [1.29, 1.82) is 0 Å². The molecule has 7 nitrogen and oxygen atoms in total. The third kappa shape index (κ3) is 9.70. The Balaban J connectivity index is 2.10. The number of carbonyl (C=O) groups excluding carboxylic acids is 2. The van der Waals surface area contributed by atoms with Crippen LogP contribution in [0.25, 0.3) is 0 Å². The summed E-state index contributed by atoms with van der Waals surface area (Å²) in [5.74, 6) is -1.22. The molecule has 1 N–H and O–H groups in total. The predicted octanol–water partition coefficient (Wildman–Crippen LogP) is 6.44. The molecule has 3 aromatic rings. The van der Waals surface area contributed by atoms with E-state index < -0.39 is 51.2 Å². The smallest absolute Gasteiger partial charge is 0.352 e. The van der Waals surface area contributed by atoms with E-state index in [0.29, 0.717) is 22.4 Å². The highest BCUT2D eigenvalue weighted by Gasteiger charge is 2.36. The summed E-state index contributed by atoms with van der Waals surface area (Å²) in [5, 5.41) is 2.30. The molecular formula is C30H32BrClF3N3O4S. The zero-order valence-corrected chi connectivity index (χ0v) is 26.9. The number of nitrogens with zero attached hydrogens (tertiary/aromatic N) is 2. The molecule has 0 aliphatic rings. The summed E-state index contributed by atoms with van der Waals surface area (Å²) < 4.78 is 67.9. The van der Waals surface area contributed by atoms with Crippen LogP contribution >= 0.6 is 27.5 Å². The molecule has 3 rings (SSSR count). The minimum Gasteiger partial charge on any atom is -0.352 e. The highest BCUT2D eigenvalue weighted by atomic mass is 79.9. The van der Waals surface area contributed by atoms with E-state index in [9.17, 15) is 31.2 Å². The monoisotopic (exact) mass is 701 g/mol. The van der Waals surface area contributed by atoms with Crippen LogP contribution < -0.4 is 9.62 Å². The number of nitrogens with one attached hydrogen (secondary N) is 1. The van der Waals surface area contributed by atoms with Gasteiger partial charge in [-0.15, -0.1) is 0 Å². The maximum Gasteiger partial charge on any atom is 0.417 e. The summed E-state index contributed by atoms with van der Waals surface area (Å²) in [6, 6.07) is 17.4. The van der Waals surface area contributed by atoms with E-state index in [-0.39, 0.29) is 24.7 Å². The third-order valence-electron chi connectivity index (χ3n) is 6.76. The van der Waals surface area contributed by atoms with Crippen LogP contribution in [0.1, 0.15) is 37.0 Å². The van der Waals surface area contributed by atoms with Gasteiger partial charge in [-0.05, 0) is 54.8 Å². The molecular weight excluding hydrogens is 671 g/mol. The fourth-order valence-electron chi connectivity index (χ4n) is 4.28. The van der Waals surface area contributed by atoms with Crippen molar-refractivity contribution in [2.24, 2.45) is 0 Å². The molecule has 2 amide bonds. The first-order chi connectivity index (χ1) is 20.1. The number of rotatable bonds is 12. The van der Waals surface area contributed by atoms with Gasteiger partial charge in [0.15, 0.2) is 0 Å². The van der Waals surface area contributed by atoms with Crippen molar-refractivity contribution in [2.45, 2.75) is 51.5 Å². The predicted molar refractivity (Wildman–Crippen MR) is 165 cm³/mol. The van der Waals surface area contributed by atoms with E-state index in [1.165, 1.54) is 4.90 Å². The number of hydrogen-bond donors (Lipinski definition) is 1. The molecule has 0 aromatic heterocycles. The maximum absolute atomic E-state index is 14.1. The fraction of sp³-hybridized carbons (Fsp3) is 0.333. The molecule has 0 unspecified atom stereocenters. The molecule has 0 heterocycles. The fourth-order valence-corrected chi connectivity index (χ4v) is 5.61. The summed E-state index contributed by atoms with van der Waals surface area (Å²) in [6.07, 6.45) is -3.32. The number of carbonyl (C=O) groups is 2. The minimum absolute atomic E-state index is 0.0659. The van der Waals surface area contributed by atoms with E-state index in [0.717, 1.165) is 28.4 Å². The highest BCUT2D eigenvalue weighted by molar-refractivity contribution is 9.10. The quantitative estimate of drug-likeness (QED) is 0.236. The minimum atomic E-state index is -4.86. The number of alkyl halides is 3. The van der Waals surface area contributed by atoms with E-state index >= 15 is 0 Å². The largest absolute Gasteiger partial charge is 0.417 e. The Morgan fingerprint density at radius 2 is 1.63 bits per heavy atom. The Labute approximate surface area is 263 Å². The highest BCUT2D eigenvalue weighted by Crippen LogP contribution is 2.37. The van der Waals surface area contributed by atoms with Crippen LogP contribution in [0.15, 0.2) is 77.3 Å². The first-order valence-electron chi connectivity index (χ1n) is 13.3. The standard InChI is InChI=1S/C30H32BrClF3N3O4S/c1-4-20(2)36-29(40)27(16-21-8-6-5-7-9-21)37(18-22-10-12-23(31)13-11-22)28(39)19-38(43(3,41)42)24-14-15-26(32)25(17-24)30(33,34)35/h5-15,17,20,27H,4,16,18-19H2,1-3H3,(H,36,40)/t20-,27+/m1/s1. The Bertz CT molecular complexity index is 1520. The molecule has 232 valence electrons. The molecule has 0 spiro atoms. The van der Waals surface area contributed by atoms with Crippen LogP contribution in [0, 0.1) is 0 Å². The third-order valence-corrected chi connectivity index (χ3v) is 8.76. The van der Waals surface area contributed by atoms with Gasteiger partial charge in [0.05, 0.1) is 22.5 Å². The lowest BCUT2D eigenvalue weighted by atomic mass is 10.0. The average molecular weight is 703 g/mol. The Kier molecular flexibility index (Phi) is 11.7. The molecule has 43 heavy (non-hydrogen) atoms. The molecule has 0 fully saturated rings. The van der Waals surface area contributed by atoms with Crippen LogP contribution in [0.2, 0.25) is 5.02 Å². The van der Waals surface area contributed by atoms with Crippen molar-refractivity contribution in [3.63, 3.8) is 0 Å². The van der Waals surface area contributed by atoms with Gasteiger partial charge in [-0.1, -0.05) is 76.9 Å². The summed E-state index contributed by atoms with van der Waals surface area (Å²) in [6.45, 7) is 2.80. The molecule has 0 bridgehead atoms. The number of hydrogen-bond acceptors (Lipinski definition) is 4. The number of benzene rings is 3. The zero-order valence-electron chi connectivity index (χ0n) is 23.7. The van der Waals surface area contributed by atoms with Gasteiger partial charge in [0.2, 0.25) is 21.8 Å². The maximum atomic E-state index is 14.1. The van der Waals surface area contributed by atoms with E-state index in [1.54, 1.807) is 48.5 Å². The Morgan fingerprint density at radius 1 is 1.00 bits per heavy atom. The van der Waals surface area contributed by atoms with Gasteiger partial charge in [0.1, 0.15) is 12.6 Å². The summed E-state index contributed by atoms with van der Waals surface area (Å²) in [5.41, 5.74) is -0.218. The van der Waals surface area contributed by atoms with Crippen molar-refractivity contribution in [1.82, 2.24) is 10.2 Å². The van der Waals surface area contributed by atoms with E-state index in [2.05, 4.69) is 21.2 Å². The summed E-state index contributed by atoms with van der Waals surface area (Å²) in [4.78, 5) is 29.0. The average Bonchev–Trinajstić information content (AvgIpc) is 2.94. The molecule has 0 saturated carbocycles. The SMILES string of the molecule is CC[C@@H](C)NC(=O)[C@H](Cc1ccccc1)N(Cc1ccc(Br)cc1)C(=O)CN(c1ccc(Cl)c(C(F)(F)F)c1)S(C)(=O)=O. The van der Waals surface area contributed by atoms with Crippen LogP contribution in [0.3, 0.4) is 0 Å². The van der Waals surface area contributed by atoms with Gasteiger partial charge in [-0.25, -0.2) is 8.42 Å². The number of halogens is 5. The van der Waals surface area contributed by atoms with Gasteiger partial charge < -0.3 is 10.2 Å². The van der Waals surface area contributed by atoms with Crippen molar-refractivity contribution in [3.05, 3.63) is 99.0 Å². The lowest BCUT2D eigenvalue weighted by Crippen LogP contribution is -2.54. The lowest BCUT2D eigenvalue weighted by Gasteiger charge is -2.34. The van der Waals surface area contributed by atoms with E-state index in [1.807, 2.05) is 19.9 Å². The van der Waals surface area contributed by atoms with Gasteiger partial charge in [-0.2, -0.15) is 13.2 Å². The Morgan fingerprint density at radius 3 is 2.19 bits per heavy atom. The molecule has 2 atom stereocenters. The molecule has 3 aromatic carbocycles. The first-order valence-corrected chi connectivity index (χ1v) is 16.3. The number of anilines is 1. The summed E-state index contributed by atoms with van der Waals surface area (Å²) >= 11 is 9.12. The lowest BCUT2D eigenvalue weighted by molar-refractivity contribution is -0.140. The zero-order chi connectivity index (χ0) is 31.9. The van der Waals surface area contributed by atoms with Crippen molar-refractivity contribution < 1.29 is 31.2 Å². The van der Waals surface area contributed by atoms with Crippen molar-refractivity contribution in [3.8, 4) is 0 Å². The summed E-state index contributed by atoms with van der Waals surface area (Å²) in [7, 11) is -4.26. The molecule has 0 aliphatic carbocycles. The second-order valence-electron chi connectivity index (χ2n) is 10.1. The number of sulfonamides is 1. The molecule has 0 aliphatic heterocycles. The first kappa shape index (κ1) is 34.4. The van der Waals surface area contributed by atoms with Gasteiger partial charge >= 0.3 is 6.18 Å². The van der Waals surface area contributed by atoms with Crippen LogP contribution in [0.5, 0.6) is 0 Å². The topological polar surface area (TPSA) is 86.8 Å². The van der Waals surface area contributed by atoms with Crippen LogP contribution in [0.4, 0.5) is 18.9 Å². The van der Waals surface area contributed by atoms with E-state index in [4.69, 9.17) is 11.6 Å². The Hall–Kier alpha value is -3.09. The second-order valence-corrected chi connectivity index (χ2v) is 13.3. The van der Waals surface area contributed by atoms with Crippen molar-refractivity contribution >= 4 is 55.1 Å². The number of amides is 2.